The lowest BCUT2D eigenvalue weighted by Gasteiger charge is -2.20. The third-order valence-corrected chi connectivity index (χ3v) is 3.32. The molecule has 22 heavy (non-hydrogen) atoms. The number of carbonyl (C=O) groups is 1. The number of nitrogens with zero attached hydrogens (tertiary/aromatic N) is 3. The number of carbonyl (C=O) groups excluding carboxylic acids is 1. The van der Waals surface area contributed by atoms with E-state index in [0.717, 1.165) is 18.5 Å². The Bertz CT molecular complexity index is 583. The van der Waals surface area contributed by atoms with E-state index in [1.165, 1.54) is 0 Å². The van der Waals surface area contributed by atoms with E-state index in [0.29, 0.717) is 24.6 Å². The highest BCUT2D eigenvalue weighted by Gasteiger charge is 2.16. The third kappa shape index (κ3) is 4.28. The average molecular weight is 298 g/mol. The highest BCUT2D eigenvalue weighted by Crippen LogP contribution is 2.09. The first kappa shape index (κ1) is 15.9. The molecule has 0 saturated heterocycles. The van der Waals surface area contributed by atoms with Gasteiger partial charge in [0.2, 0.25) is 0 Å². The Balaban J connectivity index is 2.04. The van der Waals surface area contributed by atoms with Gasteiger partial charge in [-0.3, -0.25) is 4.79 Å². The molecule has 0 bridgehead atoms. The van der Waals surface area contributed by atoms with Crippen LogP contribution in [-0.4, -0.2) is 34.1 Å². The van der Waals surface area contributed by atoms with Crippen LogP contribution in [0.2, 0.25) is 0 Å². The van der Waals surface area contributed by atoms with Gasteiger partial charge in [-0.15, -0.1) is 10.2 Å². The summed E-state index contributed by atoms with van der Waals surface area (Å²) in [5.74, 6) is 0.602. The molecule has 0 unspecified atom stereocenters. The highest BCUT2D eigenvalue weighted by atomic mass is 16.2. The second kappa shape index (κ2) is 8.12. The molecule has 5 heteroatoms. The zero-order chi connectivity index (χ0) is 15.8. The van der Waals surface area contributed by atoms with Crippen LogP contribution in [0.5, 0.6) is 0 Å². The van der Waals surface area contributed by atoms with Crippen molar-refractivity contribution in [3.05, 3.63) is 53.7 Å². The Morgan fingerprint density at radius 3 is 2.45 bits per heavy atom. The molecule has 0 aliphatic rings. The van der Waals surface area contributed by atoms with Gasteiger partial charge in [0.1, 0.15) is 5.82 Å². The smallest absolute Gasteiger partial charge is 0.274 e. The Labute approximate surface area is 131 Å². The minimum Gasteiger partial charge on any atom is -0.369 e. The fraction of sp³-hybridized carbons (Fsp3) is 0.353. The van der Waals surface area contributed by atoms with Gasteiger partial charge in [0, 0.05) is 19.6 Å². The molecule has 0 aliphatic carbocycles. The van der Waals surface area contributed by atoms with E-state index in [1.807, 2.05) is 37.3 Å². The van der Waals surface area contributed by atoms with E-state index in [4.69, 9.17) is 0 Å². The van der Waals surface area contributed by atoms with Crippen LogP contribution in [0.25, 0.3) is 0 Å². The predicted molar refractivity (Wildman–Crippen MR) is 87.7 cm³/mol. The first-order valence-corrected chi connectivity index (χ1v) is 7.65. The van der Waals surface area contributed by atoms with Crippen LogP contribution in [0.15, 0.2) is 42.5 Å². The third-order valence-electron chi connectivity index (χ3n) is 3.32. The van der Waals surface area contributed by atoms with Gasteiger partial charge in [-0.2, -0.15) is 0 Å². The summed E-state index contributed by atoms with van der Waals surface area (Å²) in [5, 5.41) is 11.2. The van der Waals surface area contributed by atoms with Gasteiger partial charge in [-0.05, 0) is 31.0 Å². The molecule has 5 nitrogen and oxygen atoms in total. The molecule has 0 saturated carbocycles. The molecule has 0 fully saturated rings. The second-order valence-electron chi connectivity index (χ2n) is 5.04. The zero-order valence-electron chi connectivity index (χ0n) is 13.1. The van der Waals surface area contributed by atoms with Crippen LogP contribution in [0.4, 0.5) is 5.82 Å². The van der Waals surface area contributed by atoms with Crippen molar-refractivity contribution < 1.29 is 4.79 Å². The molecule has 0 atom stereocenters. The maximum atomic E-state index is 12.5. The summed E-state index contributed by atoms with van der Waals surface area (Å²) in [7, 11) is 0. The van der Waals surface area contributed by atoms with Gasteiger partial charge in [0.15, 0.2) is 5.69 Å². The summed E-state index contributed by atoms with van der Waals surface area (Å²) in [6, 6.07) is 13.5. The van der Waals surface area contributed by atoms with Gasteiger partial charge in [0.25, 0.3) is 5.91 Å². The van der Waals surface area contributed by atoms with Crippen molar-refractivity contribution in [3.8, 4) is 0 Å². The van der Waals surface area contributed by atoms with Crippen molar-refractivity contribution in [2.75, 3.05) is 18.4 Å². The largest absolute Gasteiger partial charge is 0.369 e. The standard InChI is InChI=1S/C17H22N4O/c1-3-12-18-16-11-10-15(19-20-16)17(22)21(4-2)13-14-8-6-5-7-9-14/h5-11H,3-4,12-13H2,1-2H3,(H,18,20). The maximum absolute atomic E-state index is 12.5. The molecule has 0 radical (unpaired) electrons. The van der Waals surface area contributed by atoms with Crippen LogP contribution in [0, 0.1) is 0 Å². The molecule has 0 spiro atoms. The lowest BCUT2D eigenvalue weighted by Crippen LogP contribution is -2.31. The summed E-state index contributed by atoms with van der Waals surface area (Å²) < 4.78 is 0. The van der Waals surface area contributed by atoms with Crippen molar-refractivity contribution in [2.45, 2.75) is 26.8 Å². The zero-order valence-corrected chi connectivity index (χ0v) is 13.1. The van der Waals surface area contributed by atoms with Crippen LogP contribution in [-0.2, 0) is 6.54 Å². The van der Waals surface area contributed by atoms with E-state index in [9.17, 15) is 4.79 Å². The molecule has 1 aromatic carbocycles. The van der Waals surface area contributed by atoms with Crippen molar-refractivity contribution in [2.24, 2.45) is 0 Å². The first-order chi connectivity index (χ1) is 10.7. The van der Waals surface area contributed by atoms with Crippen molar-refractivity contribution in [1.82, 2.24) is 15.1 Å². The molecular formula is C17H22N4O. The molecule has 1 amide bonds. The Morgan fingerprint density at radius 2 is 1.86 bits per heavy atom. The number of nitrogens with one attached hydrogen (secondary N) is 1. The number of aromatic nitrogens is 2. The normalized spacial score (nSPS) is 10.3. The molecule has 1 heterocycles. The van der Waals surface area contributed by atoms with Crippen LogP contribution in [0.3, 0.4) is 0 Å². The van der Waals surface area contributed by atoms with E-state index >= 15 is 0 Å². The van der Waals surface area contributed by atoms with Crippen LogP contribution in [0.1, 0.15) is 36.3 Å². The highest BCUT2D eigenvalue weighted by molar-refractivity contribution is 5.92. The Hall–Kier alpha value is -2.43. The maximum Gasteiger partial charge on any atom is 0.274 e. The van der Waals surface area contributed by atoms with Crippen LogP contribution < -0.4 is 5.32 Å². The Kier molecular flexibility index (Phi) is 5.89. The number of hydrogen-bond acceptors (Lipinski definition) is 4. The monoisotopic (exact) mass is 298 g/mol. The van der Waals surface area contributed by atoms with Crippen molar-refractivity contribution in [1.29, 1.82) is 0 Å². The summed E-state index contributed by atoms with van der Waals surface area (Å²) in [4.78, 5) is 14.3. The molecule has 2 aromatic rings. The lowest BCUT2D eigenvalue weighted by atomic mass is 10.2. The first-order valence-electron chi connectivity index (χ1n) is 7.65. The van der Waals surface area contributed by atoms with Crippen LogP contribution >= 0.6 is 0 Å². The fourth-order valence-electron chi connectivity index (χ4n) is 2.09. The van der Waals surface area contributed by atoms with Crippen molar-refractivity contribution in [3.63, 3.8) is 0 Å². The number of hydrogen-bond donors (Lipinski definition) is 1. The van der Waals surface area contributed by atoms with Gasteiger partial charge >= 0.3 is 0 Å². The number of benzene rings is 1. The van der Waals surface area contributed by atoms with Crippen molar-refractivity contribution >= 4 is 11.7 Å². The average Bonchev–Trinajstić information content (AvgIpc) is 2.58. The summed E-state index contributed by atoms with van der Waals surface area (Å²) in [5.41, 5.74) is 1.48. The van der Waals surface area contributed by atoms with E-state index < -0.39 is 0 Å². The SMILES string of the molecule is CCCNc1ccc(C(=O)N(CC)Cc2ccccc2)nn1. The number of amides is 1. The quantitative estimate of drug-likeness (QED) is 0.854. The van der Waals surface area contributed by atoms with Gasteiger partial charge in [-0.1, -0.05) is 37.3 Å². The van der Waals surface area contributed by atoms with E-state index in [-0.39, 0.29) is 5.91 Å². The Morgan fingerprint density at radius 1 is 1.09 bits per heavy atom. The summed E-state index contributed by atoms with van der Waals surface area (Å²) >= 11 is 0. The number of rotatable bonds is 7. The van der Waals surface area contributed by atoms with Gasteiger partial charge in [-0.25, -0.2) is 0 Å². The lowest BCUT2D eigenvalue weighted by molar-refractivity contribution is 0.0745. The molecule has 2 rings (SSSR count). The molecule has 116 valence electrons. The molecule has 1 N–H and O–H groups in total. The predicted octanol–water partition coefficient (Wildman–Crippen LogP) is 2.96. The summed E-state index contributed by atoms with van der Waals surface area (Å²) in [6.07, 6.45) is 1.02. The molecule has 0 aliphatic heterocycles. The van der Waals surface area contributed by atoms with Gasteiger partial charge in [0.05, 0.1) is 0 Å². The topological polar surface area (TPSA) is 58.1 Å². The minimum absolute atomic E-state index is 0.0964. The molecular weight excluding hydrogens is 276 g/mol. The number of anilines is 1. The van der Waals surface area contributed by atoms with E-state index in [2.05, 4.69) is 22.4 Å². The van der Waals surface area contributed by atoms with Gasteiger partial charge < -0.3 is 10.2 Å². The molecule has 1 aromatic heterocycles. The minimum atomic E-state index is -0.0964. The summed E-state index contributed by atoms with van der Waals surface area (Å²) in [6.45, 7) is 6.10. The fourth-order valence-corrected chi connectivity index (χ4v) is 2.09. The van der Waals surface area contributed by atoms with E-state index in [1.54, 1.807) is 17.0 Å². The second-order valence-corrected chi connectivity index (χ2v) is 5.04.